The minimum absolute atomic E-state index is 0.0535. The Morgan fingerprint density at radius 2 is 1.80 bits per heavy atom. The smallest absolute Gasteiger partial charge is 0.320 e. The molecule has 30 heavy (non-hydrogen) atoms. The quantitative estimate of drug-likeness (QED) is 0.778. The largest absolute Gasteiger partial charge is 0.396 e. The van der Waals surface area contributed by atoms with Gasteiger partial charge in [-0.1, -0.05) is 41.9 Å². The standard InChI is InChI=1S/C22H25ClN2O4S/c1-30(28,29)21-10-19(23)6-7-20(21)17-4-2-16(3-5-17)18-12-25(13-18)22(27)24-9-8-15(11-24)14-26/h2-7,10,15,18,26H,8-9,11-14H2,1H3. The first-order valence-electron chi connectivity index (χ1n) is 10.0. The molecule has 2 saturated heterocycles. The first-order valence-corrected chi connectivity index (χ1v) is 12.3. The van der Waals surface area contributed by atoms with E-state index >= 15 is 0 Å². The van der Waals surface area contributed by atoms with Crippen LogP contribution in [0.3, 0.4) is 0 Å². The van der Waals surface area contributed by atoms with Gasteiger partial charge in [0, 0.05) is 61.5 Å². The number of urea groups is 1. The minimum Gasteiger partial charge on any atom is -0.396 e. The molecule has 0 spiro atoms. The van der Waals surface area contributed by atoms with Crippen LogP contribution in [0.1, 0.15) is 17.9 Å². The van der Waals surface area contributed by atoms with Crippen molar-refractivity contribution in [3.05, 3.63) is 53.1 Å². The maximum Gasteiger partial charge on any atom is 0.320 e. The summed E-state index contributed by atoms with van der Waals surface area (Å²) in [7, 11) is -3.40. The maximum absolute atomic E-state index is 12.6. The summed E-state index contributed by atoms with van der Waals surface area (Å²) in [4.78, 5) is 16.5. The van der Waals surface area contributed by atoms with Crippen molar-refractivity contribution >= 4 is 27.5 Å². The first-order chi connectivity index (χ1) is 14.3. The monoisotopic (exact) mass is 448 g/mol. The second kappa shape index (κ2) is 8.21. The molecule has 2 heterocycles. The summed E-state index contributed by atoms with van der Waals surface area (Å²) in [5.74, 6) is 0.474. The number of aliphatic hydroxyl groups is 1. The fourth-order valence-electron chi connectivity index (χ4n) is 4.18. The molecule has 0 bridgehead atoms. The van der Waals surface area contributed by atoms with Crippen LogP contribution in [0.5, 0.6) is 0 Å². The number of likely N-dealkylation sites (tertiary alicyclic amines) is 2. The summed E-state index contributed by atoms with van der Waals surface area (Å²) in [5, 5.41) is 9.64. The molecule has 2 aliphatic heterocycles. The fourth-order valence-corrected chi connectivity index (χ4v) is 5.34. The van der Waals surface area contributed by atoms with E-state index in [0.29, 0.717) is 36.8 Å². The number of sulfone groups is 1. The molecule has 160 valence electrons. The molecule has 0 aliphatic carbocycles. The number of carbonyl (C=O) groups is 1. The molecule has 2 amide bonds. The van der Waals surface area contributed by atoms with Gasteiger partial charge in [0.1, 0.15) is 0 Å². The van der Waals surface area contributed by atoms with E-state index in [-0.39, 0.29) is 29.4 Å². The molecule has 0 radical (unpaired) electrons. The molecule has 2 aromatic carbocycles. The van der Waals surface area contributed by atoms with E-state index in [0.717, 1.165) is 17.5 Å². The second-order valence-corrected chi connectivity index (χ2v) is 10.6. The van der Waals surface area contributed by atoms with Crippen LogP contribution in [-0.4, -0.2) is 68.4 Å². The Kier molecular flexibility index (Phi) is 5.79. The molecule has 2 aromatic rings. The third-order valence-corrected chi connectivity index (χ3v) is 7.37. The second-order valence-electron chi connectivity index (χ2n) is 8.20. The predicted octanol–water partition coefficient (Wildman–Crippen LogP) is 3.24. The van der Waals surface area contributed by atoms with Crippen LogP contribution in [-0.2, 0) is 9.84 Å². The van der Waals surface area contributed by atoms with Crippen LogP contribution in [0.2, 0.25) is 5.02 Å². The van der Waals surface area contributed by atoms with Crippen LogP contribution in [0.15, 0.2) is 47.4 Å². The number of halogens is 1. The Labute approximate surface area is 182 Å². The lowest BCUT2D eigenvalue weighted by Crippen LogP contribution is -2.53. The van der Waals surface area contributed by atoms with Crippen molar-refractivity contribution in [1.82, 2.24) is 9.80 Å². The van der Waals surface area contributed by atoms with Crippen molar-refractivity contribution in [2.75, 3.05) is 39.0 Å². The number of benzene rings is 2. The first kappa shape index (κ1) is 21.2. The van der Waals surface area contributed by atoms with Gasteiger partial charge in [-0.25, -0.2) is 13.2 Å². The molecule has 2 aliphatic rings. The van der Waals surface area contributed by atoms with Gasteiger partial charge >= 0.3 is 6.03 Å². The molecule has 1 N–H and O–H groups in total. The summed E-state index contributed by atoms with van der Waals surface area (Å²) in [6.45, 7) is 2.83. The van der Waals surface area contributed by atoms with Gasteiger partial charge in [-0.05, 0) is 29.7 Å². The molecule has 0 aromatic heterocycles. The highest BCUT2D eigenvalue weighted by Crippen LogP contribution is 2.33. The SMILES string of the molecule is CS(=O)(=O)c1cc(Cl)ccc1-c1ccc(C2CN(C(=O)N3CCC(CO)C3)C2)cc1. The summed E-state index contributed by atoms with van der Waals surface area (Å²) in [5.41, 5.74) is 2.58. The van der Waals surface area contributed by atoms with Crippen LogP contribution in [0.4, 0.5) is 4.79 Å². The lowest BCUT2D eigenvalue weighted by Gasteiger charge is -2.41. The zero-order chi connectivity index (χ0) is 21.5. The number of nitrogens with zero attached hydrogens (tertiary/aromatic N) is 2. The number of aliphatic hydroxyl groups excluding tert-OH is 1. The lowest BCUT2D eigenvalue weighted by atomic mass is 9.90. The van der Waals surface area contributed by atoms with E-state index in [1.54, 1.807) is 12.1 Å². The highest BCUT2D eigenvalue weighted by molar-refractivity contribution is 7.90. The van der Waals surface area contributed by atoms with Crippen LogP contribution in [0, 0.1) is 5.92 Å². The van der Waals surface area contributed by atoms with Gasteiger partial charge in [0.2, 0.25) is 0 Å². The van der Waals surface area contributed by atoms with E-state index in [1.165, 1.54) is 12.3 Å². The van der Waals surface area contributed by atoms with E-state index in [9.17, 15) is 18.3 Å². The van der Waals surface area contributed by atoms with Crippen molar-refractivity contribution in [2.45, 2.75) is 17.2 Å². The van der Waals surface area contributed by atoms with Gasteiger partial charge in [0.05, 0.1) is 4.90 Å². The van der Waals surface area contributed by atoms with Crippen LogP contribution >= 0.6 is 11.6 Å². The van der Waals surface area contributed by atoms with Crippen molar-refractivity contribution in [3.63, 3.8) is 0 Å². The third-order valence-electron chi connectivity index (χ3n) is 6.00. The molecule has 6 nitrogen and oxygen atoms in total. The summed E-state index contributed by atoms with van der Waals surface area (Å²) in [6, 6.07) is 12.8. The van der Waals surface area contributed by atoms with E-state index in [1.807, 2.05) is 34.1 Å². The highest BCUT2D eigenvalue weighted by Gasteiger charge is 2.36. The summed E-state index contributed by atoms with van der Waals surface area (Å²) in [6.07, 6.45) is 2.04. The minimum atomic E-state index is -3.40. The van der Waals surface area contributed by atoms with Crippen molar-refractivity contribution in [1.29, 1.82) is 0 Å². The normalized spacial score (nSPS) is 19.8. The topological polar surface area (TPSA) is 77.9 Å². The Morgan fingerprint density at radius 1 is 1.10 bits per heavy atom. The van der Waals surface area contributed by atoms with Gasteiger partial charge in [-0.15, -0.1) is 0 Å². The Bertz CT molecular complexity index is 1050. The fraction of sp³-hybridized carbons (Fsp3) is 0.409. The Balaban J connectivity index is 1.43. The molecule has 1 atom stereocenters. The van der Waals surface area contributed by atoms with Gasteiger partial charge in [-0.2, -0.15) is 0 Å². The lowest BCUT2D eigenvalue weighted by molar-refractivity contribution is 0.118. The number of carbonyl (C=O) groups excluding carboxylic acids is 1. The van der Waals surface area contributed by atoms with Gasteiger partial charge in [-0.3, -0.25) is 0 Å². The molecular weight excluding hydrogens is 424 g/mol. The zero-order valence-electron chi connectivity index (χ0n) is 16.8. The number of amides is 2. The summed E-state index contributed by atoms with van der Waals surface area (Å²) < 4.78 is 24.3. The van der Waals surface area contributed by atoms with Crippen molar-refractivity contribution in [3.8, 4) is 11.1 Å². The third kappa shape index (κ3) is 4.19. The number of hydrogen-bond acceptors (Lipinski definition) is 4. The maximum atomic E-state index is 12.6. The Morgan fingerprint density at radius 3 is 2.40 bits per heavy atom. The van der Waals surface area contributed by atoms with Crippen LogP contribution < -0.4 is 0 Å². The van der Waals surface area contributed by atoms with E-state index in [4.69, 9.17) is 11.6 Å². The molecule has 0 saturated carbocycles. The molecule has 1 unspecified atom stereocenters. The Hall–Kier alpha value is -2.09. The van der Waals surface area contributed by atoms with Crippen molar-refractivity contribution < 1.29 is 18.3 Å². The molecular formula is C22H25ClN2O4S. The molecule has 8 heteroatoms. The summed E-state index contributed by atoms with van der Waals surface area (Å²) >= 11 is 5.99. The van der Waals surface area contributed by atoms with Gasteiger partial charge in [0.15, 0.2) is 9.84 Å². The van der Waals surface area contributed by atoms with Crippen molar-refractivity contribution in [2.24, 2.45) is 5.92 Å². The average Bonchev–Trinajstić information content (AvgIpc) is 3.16. The van der Waals surface area contributed by atoms with E-state index in [2.05, 4.69) is 0 Å². The molecule has 4 rings (SSSR count). The van der Waals surface area contributed by atoms with E-state index < -0.39 is 9.84 Å². The predicted molar refractivity (Wildman–Crippen MR) is 116 cm³/mol. The van der Waals surface area contributed by atoms with Gasteiger partial charge < -0.3 is 14.9 Å². The number of hydrogen-bond donors (Lipinski definition) is 1. The van der Waals surface area contributed by atoms with Crippen LogP contribution in [0.25, 0.3) is 11.1 Å². The average molecular weight is 449 g/mol. The molecule has 2 fully saturated rings. The zero-order valence-corrected chi connectivity index (χ0v) is 18.4. The highest BCUT2D eigenvalue weighted by atomic mass is 35.5. The van der Waals surface area contributed by atoms with Gasteiger partial charge in [0.25, 0.3) is 0 Å². The number of rotatable bonds is 4.